The van der Waals surface area contributed by atoms with Crippen molar-refractivity contribution in [3.63, 3.8) is 0 Å². The zero-order valence-corrected chi connectivity index (χ0v) is 14.5. The first-order valence-corrected chi connectivity index (χ1v) is 8.61. The van der Waals surface area contributed by atoms with Crippen molar-refractivity contribution in [3.8, 4) is 5.75 Å². The fourth-order valence-corrected chi connectivity index (χ4v) is 3.14. The molecule has 0 radical (unpaired) electrons. The first kappa shape index (κ1) is 16.7. The molecule has 24 heavy (non-hydrogen) atoms. The maximum absolute atomic E-state index is 5.21. The van der Waals surface area contributed by atoms with Crippen LogP contribution in [-0.4, -0.2) is 41.6 Å². The van der Waals surface area contributed by atoms with Crippen LogP contribution in [0.15, 0.2) is 36.7 Å². The Morgan fingerprint density at radius 1 is 1.17 bits per heavy atom. The van der Waals surface area contributed by atoms with Crippen LogP contribution in [-0.2, 0) is 6.54 Å². The number of aromatic nitrogens is 2. The predicted molar refractivity (Wildman–Crippen MR) is 96.3 cm³/mol. The van der Waals surface area contributed by atoms with Crippen molar-refractivity contribution in [3.05, 3.63) is 47.9 Å². The fourth-order valence-electron chi connectivity index (χ4n) is 3.14. The quantitative estimate of drug-likeness (QED) is 0.884. The van der Waals surface area contributed by atoms with Crippen LogP contribution in [0.25, 0.3) is 0 Å². The molecule has 0 bridgehead atoms. The minimum absolute atomic E-state index is 0.708. The monoisotopic (exact) mass is 326 g/mol. The van der Waals surface area contributed by atoms with Crippen LogP contribution in [0.4, 0.5) is 5.82 Å². The van der Waals surface area contributed by atoms with Crippen molar-refractivity contribution in [1.82, 2.24) is 14.9 Å². The van der Waals surface area contributed by atoms with Crippen LogP contribution < -0.4 is 10.1 Å². The molecule has 1 N–H and O–H groups in total. The second-order valence-corrected chi connectivity index (χ2v) is 6.49. The largest absolute Gasteiger partial charge is 0.497 e. The molecule has 1 aliphatic rings. The van der Waals surface area contributed by atoms with Crippen LogP contribution in [0.2, 0.25) is 0 Å². The standard InChI is InChI=1S/C19H26N4O/c1-15-11-20-13-19(22-15)21-12-16-7-9-23(10-8-16)14-17-3-5-18(24-2)6-4-17/h3-6,11,13,16H,7-10,12,14H2,1-2H3,(H,21,22). The van der Waals surface area contributed by atoms with Crippen molar-refractivity contribution in [2.75, 3.05) is 32.1 Å². The smallest absolute Gasteiger partial charge is 0.144 e. The highest BCUT2D eigenvalue weighted by Gasteiger charge is 2.19. The van der Waals surface area contributed by atoms with E-state index >= 15 is 0 Å². The number of hydrogen-bond donors (Lipinski definition) is 1. The highest BCUT2D eigenvalue weighted by molar-refractivity contribution is 5.31. The average Bonchev–Trinajstić information content (AvgIpc) is 2.62. The summed E-state index contributed by atoms with van der Waals surface area (Å²) in [6.07, 6.45) is 6.03. The van der Waals surface area contributed by atoms with E-state index in [9.17, 15) is 0 Å². The molecule has 0 unspecified atom stereocenters. The molecular weight excluding hydrogens is 300 g/mol. The molecular formula is C19H26N4O. The molecule has 1 aromatic heterocycles. The number of piperidine rings is 1. The lowest BCUT2D eigenvalue weighted by Crippen LogP contribution is -2.35. The van der Waals surface area contributed by atoms with Gasteiger partial charge in [-0.2, -0.15) is 0 Å². The van der Waals surface area contributed by atoms with Gasteiger partial charge in [0, 0.05) is 19.3 Å². The Morgan fingerprint density at radius 3 is 2.58 bits per heavy atom. The van der Waals surface area contributed by atoms with E-state index in [-0.39, 0.29) is 0 Å². The highest BCUT2D eigenvalue weighted by atomic mass is 16.5. The number of aryl methyl sites for hydroxylation is 1. The molecule has 1 aromatic carbocycles. The van der Waals surface area contributed by atoms with Gasteiger partial charge in [0.25, 0.3) is 0 Å². The predicted octanol–water partition coefficient (Wildman–Crippen LogP) is 3.12. The Kier molecular flexibility index (Phi) is 5.64. The number of likely N-dealkylation sites (tertiary alicyclic amines) is 1. The molecule has 0 spiro atoms. The summed E-state index contributed by atoms with van der Waals surface area (Å²) in [5.41, 5.74) is 2.30. The third-order valence-electron chi connectivity index (χ3n) is 4.60. The van der Waals surface area contributed by atoms with Crippen LogP contribution in [0.5, 0.6) is 5.75 Å². The number of benzene rings is 1. The molecule has 0 atom stereocenters. The summed E-state index contributed by atoms with van der Waals surface area (Å²) >= 11 is 0. The minimum Gasteiger partial charge on any atom is -0.497 e. The summed E-state index contributed by atoms with van der Waals surface area (Å²) in [6.45, 7) is 6.27. The lowest BCUT2D eigenvalue weighted by Gasteiger charge is -2.32. The van der Waals surface area contributed by atoms with Gasteiger partial charge < -0.3 is 10.1 Å². The normalized spacial score (nSPS) is 16.1. The lowest BCUT2D eigenvalue weighted by atomic mass is 9.96. The number of nitrogens with one attached hydrogen (secondary N) is 1. The Labute approximate surface area is 144 Å². The fraction of sp³-hybridized carbons (Fsp3) is 0.474. The van der Waals surface area contributed by atoms with Gasteiger partial charge in [-0.05, 0) is 56.5 Å². The van der Waals surface area contributed by atoms with Gasteiger partial charge in [0.2, 0.25) is 0 Å². The first-order chi connectivity index (χ1) is 11.7. The third kappa shape index (κ3) is 4.68. The van der Waals surface area contributed by atoms with E-state index in [1.165, 1.54) is 18.4 Å². The number of anilines is 1. The van der Waals surface area contributed by atoms with Gasteiger partial charge in [-0.1, -0.05) is 12.1 Å². The van der Waals surface area contributed by atoms with Crippen molar-refractivity contribution in [2.24, 2.45) is 5.92 Å². The van der Waals surface area contributed by atoms with Crippen LogP contribution in [0.1, 0.15) is 24.1 Å². The first-order valence-electron chi connectivity index (χ1n) is 8.61. The Hall–Kier alpha value is -2.14. The molecule has 1 saturated heterocycles. The summed E-state index contributed by atoms with van der Waals surface area (Å²) in [5.74, 6) is 2.51. The molecule has 0 aliphatic carbocycles. The van der Waals surface area contributed by atoms with Gasteiger partial charge in [0.15, 0.2) is 0 Å². The van der Waals surface area contributed by atoms with E-state index in [1.54, 1.807) is 19.5 Å². The average molecular weight is 326 g/mol. The molecule has 0 amide bonds. The molecule has 128 valence electrons. The zero-order valence-electron chi connectivity index (χ0n) is 14.5. The van der Waals surface area contributed by atoms with E-state index in [2.05, 4.69) is 32.3 Å². The molecule has 1 fully saturated rings. The second-order valence-electron chi connectivity index (χ2n) is 6.49. The number of nitrogens with zero attached hydrogens (tertiary/aromatic N) is 3. The summed E-state index contributed by atoms with van der Waals surface area (Å²) in [4.78, 5) is 11.2. The second kappa shape index (κ2) is 8.11. The number of rotatable bonds is 6. The van der Waals surface area contributed by atoms with Crippen LogP contribution in [0, 0.1) is 12.8 Å². The minimum atomic E-state index is 0.708. The third-order valence-corrected chi connectivity index (χ3v) is 4.60. The van der Waals surface area contributed by atoms with E-state index in [0.717, 1.165) is 43.4 Å². The molecule has 2 heterocycles. The van der Waals surface area contributed by atoms with Crippen molar-refractivity contribution >= 4 is 5.82 Å². The molecule has 5 nitrogen and oxygen atoms in total. The van der Waals surface area contributed by atoms with Crippen molar-refractivity contribution in [2.45, 2.75) is 26.3 Å². The van der Waals surface area contributed by atoms with E-state index in [0.29, 0.717) is 5.92 Å². The van der Waals surface area contributed by atoms with Gasteiger partial charge in [0.1, 0.15) is 11.6 Å². The van der Waals surface area contributed by atoms with E-state index in [4.69, 9.17) is 4.74 Å². The summed E-state index contributed by atoms with van der Waals surface area (Å²) in [6, 6.07) is 8.38. The SMILES string of the molecule is COc1ccc(CN2CCC(CNc3cncc(C)n3)CC2)cc1. The summed E-state index contributed by atoms with van der Waals surface area (Å²) < 4.78 is 5.21. The van der Waals surface area contributed by atoms with Crippen LogP contribution >= 0.6 is 0 Å². The maximum atomic E-state index is 5.21. The molecule has 2 aromatic rings. The van der Waals surface area contributed by atoms with Crippen molar-refractivity contribution < 1.29 is 4.74 Å². The summed E-state index contributed by atoms with van der Waals surface area (Å²) in [7, 11) is 1.70. The maximum Gasteiger partial charge on any atom is 0.144 e. The van der Waals surface area contributed by atoms with Crippen LogP contribution in [0.3, 0.4) is 0 Å². The lowest BCUT2D eigenvalue weighted by molar-refractivity contribution is 0.182. The zero-order chi connectivity index (χ0) is 16.8. The van der Waals surface area contributed by atoms with E-state index < -0.39 is 0 Å². The Bertz CT molecular complexity index is 636. The molecule has 3 rings (SSSR count). The number of ether oxygens (including phenoxy) is 1. The van der Waals surface area contributed by atoms with Gasteiger partial charge in [-0.3, -0.25) is 9.88 Å². The molecule has 0 saturated carbocycles. The topological polar surface area (TPSA) is 50.3 Å². The molecule has 1 aliphatic heterocycles. The van der Waals surface area contributed by atoms with Gasteiger partial charge >= 0.3 is 0 Å². The van der Waals surface area contributed by atoms with E-state index in [1.807, 2.05) is 19.1 Å². The molecule has 5 heteroatoms. The number of methoxy groups -OCH3 is 1. The van der Waals surface area contributed by atoms with Gasteiger partial charge in [-0.15, -0.1) is 0 Å². The Balaban J connectivity index is 1.42. The number of hydrogen-bond acceptors (Lipinski definition) is 5. The summed E-state index contributed by atoms with van der Waals surface area (Å²) in [5, 5.41) is 3.43. The highest BCUT2D eigenvalue weighted by Crippen LogP contribution is 2.20. The Morgan fingerprint density at radius 2 is 1.92 bits per heavy atom. The van der Waals surface area contributed by atoms with Crippen molar-refractivity contribution in [1.29, 1.82) is 0 Å². The van der Waals surface area contributed by atoms with Gasteiger partial charge in [0.05, 0.1) is 19.0 Å². The van der Waals surface area contributed by atoms with Gasteiger partial charge in [-0.25, -0.2) is 4.98 Å².